The van der Waals surface area contributed by atoms with Gasteiger partial charge < -0.3 is 5.11 Å². The van der Waals surface area contributed by atoms with E-state index in [1.807, 2.05) is 0 Å². The summed E-state index contributed by atoms with van der Waals surface area (Å²) in [5, 5.41) is 8.94. The fourth-order valence-corrected chi connectivity index (χ4v) is 0.748. The molecule has 10 heavy (non-hydrogen) atoms. The first-order chi connectivity index (χ1) is 4.70. The van der Waals surface area contributed by atoms with Gasteiger partial charge in [0.15, 0.2) is 0 Å². The summed E-state index contributed by atoms with van der Waals surface area (Å²) in [5.41, 5.74) is 0.226. The van der Waals surface area contributed by atoms with Crippen LogP contribution >= 0.6 is 11.6 Å². The summed E-state index contributed by atoms with van der Waals surface area (Å²) in [5.74, 6) is 0. The summed E-state index contributed by atoms with van der Waals surface area (Å²) in [4.78, 5) is 0. The predicted molar refractivity (Wildman–Crippen MR) is 37.5 cm³/mol. The van der Waals surface area contributed by atoms with Gasteiger partial charge in [-0.15, -0.1) is 0 Å². The van der Waals surface area contributed by atoms with Crippen LogP contribution in [0.25, 0.3) is 0 Å². The van der Waals surface area contributed by atoms with Crippen LogP contribution < -0.4 is 0 Å². The van der Waals surface area contributed by atoms with Gasteiger partial charge in [0.2, 0.25) is 6.36 Å². The van der Waals surface area contributed by atoms with Crippen LogP contribution in [0.4, 0.5) is 4.39 Å². The Morgan fingerprint density at radius 2 is 1.80 bits per heavy atom. The van der Waals surface area contributed by atoms with Crippen LogP contribution in [-0.4, -0.2) is 5.11 Å². The van der Waals surface area contributed by atoms with Gasteiger partial charge in [-0.2, -0.15) is 0 Å². The maximum absolute atomic E-state index is 12.1. The van der Waals surface area contributed by atoms with Crippen LogP contribution in [0.5, 0.6) is 0 Å². The van der Waals surface area contributed by atoms with Crippen molar-refractivity contribution in [3.63, 3.8) is 0 Å². The summed E-state index contributed by atoms with van der Waals surface area (Å²) < 4.78 is 12.1. The highest BCUT2D eigenvalue weighted by atomic mass is 35.5. The van der Waals surface area contributed by atoms with Crippen molar-refractivity contribution in [2.75, 3.05) is 0 Å². The molecule has 0 saturated carbocycles. The van der Waals surface area contributed by atoms with Crippen molar-refractivity contribution >= 4 is 11.6 Å². The monoisotopic (exact) mass is 160 g/mol. The molecule has 1 aromatic carbocycles. The molecule has 1 unspecified atom stereocenters. The molecule has 0 radical (unpaired) electrons. The summed E-state index contributed by atoms with van der Waals surface area (Å²) >= 11 is 5.51. The minimum absolute atomic E-state index is 0.226. The van der Waals surface area contributed by atoms with E-state index in [-0.39, 0.29) is 5.56 Å². The average Bonchev–Trinajstić information content (AvgIpc) is 1.88. The van der Waals surface area contributed by atoms with Gasteiger partial charge in [-0.1, -0.05) is 23.7 Å². The largest absolute Gasteiger partial charge is 0.360 e. The predicted octanol–water partition coefficient (Wildman–Crippen LogP) is 2.30. The zero-order valence-electron chi connectivity index (χ0n) is 5.09. The van der Waals surface area contributed by atoms with E-state index in [0.29, 0.717) is 5.02 Å². The Bertz CT molecular complexity index is 207. The van der Waals surface area contributed by atoms with Gasteiger partial charge in [-0.3, -0.25) is 0 Å². The molecule has 0 aromatic heterocycles. The second-order valence-electron chi connectivity index (χ2n) is 1.89. The van der Waals surface area contributed by atoms with Crippen molar-refractivity contribution in [3.8, 4) is 0 Å². The van der Waals surface area contributed by atoms with Crippen LogP contribution in [0.3, 0.4) is 0 Å². The van der Waals surface area contributed by atoms with Gasteiger partial charge >= 0.3 is 0 Å². The standard InChI is InChI=1S/C7H6ClFO/c8-6-3-1-5(2-4-6)7(9)10/h1-4,7,10H. The molecule has 1 rings (SSSR count). The van der Waals surface area contributed by atoms with Crippen LogP contribution in [-0.2, 0) is 0 Å². The smallest absolute Gasteiger partial charge is 0.222 e. The van der Waals surface area contributed by atoms with E-state index in [1.54, 1.807) is 0 Å². The first-order valence-corrected chi connectivity index (χ1v) is 3.15. The fourth-order valence-electron chi connectivity index (χ4n) is 0.622. The summed E-state index contributed by atoms with van der Waals surface area (Å²) in [6, 6.07) is 5.93. The zero-order valence-corrected chi connectivity index (χ0v) is 5.85. The number of hydrogen-bond acceptors (Lipinski definition) is 1. The molecule has 0 heterocycles. The van der Waals surface area contributed by atoms with Gasteiger partial charge in [-0.25, -0.2) is 4.39 Å². The van der Waals surface area contributed by atoms with Crippen LogP contribution in [0.2, 0.25) is 5.02 Å². The number of hydrogen-bond donors (Lipinski definition) is 1. The lowest BCUT2D eigenvalue weighted by atomic mass is 10.2. The van der Waals surface area contributed by atoms with Crippen LogP contribution in [0.1, 0.15) is 11.9 Å². The quantitative estimate of drug-likeness (QED) is 0.669. The van der Waals surface area contributed by atoms with Crippen LogP contribution in [0, 0.1) is 0 Å². The Hall–Kier alpha value is -0.600. The SMILES string of the molecule is OC(F)c1ccc(Cl)cc1. The molecule has 0 saturated heterocycles. The van der Waals surface area contributed by atoms with E-state index < -0.39 is 6.36 Å². The lowest BCUT2D eigenvalue weighted by Gasteiger charge is -1.98. The summed E-state index contributed by atoms with van der Waals surface area (Å²) in [6.45, 7) is 0. The molecule has 0 spiro atoms. The lowest BCUT2D eigenvalue weighted by Crippen LogP contribution is -1.86. The summed E-state index contributed by atoms with van der Waals surface area (Å²) in [7, 11) is 0. The molecule has 0 bridgehead atoms. The third kappa shape index (κ3) is 1.69. The molecule has 0 aliphatic heterocycles. The van der Waals surface area contributed by atoms with Crippen molar-refractivity contribution in [3.05, 3.63) is 34.9 Å². The highest BCUT2D eigenvalue weighted by Crippen LogP contribution is 2.16. The Morgan fingerprint density at radius 3 is 2.20 bits per heavy atom. The van der Waals surface area contributed by atoms with Crippen molar-refractivity contribution in [2.45, 2.75) is 6.36 Å². The Morgan fingerprint density at radius 1 is 1.30 bits per heavy atom. The van der Waals surface area contributed by atoms with Crippen molar-refractivity contribution in [1.29, 1.82) is 0 Å². The molecule has 1 N–H and O–H groups in total. The van der Waals surface area contributed by atoms with E-state index in [1.165, 1.54) is 24.3 Å². The van der Waals surface area contributed by atoms with Crippen molar-refractivity contribution in [2.24, 2.45) is 0 Å². The Balaban J connectivity index is 2.89. The highest BCUT2D eigenvalue weighted by molar-refractivity contribution is 6.30. The van der Waals surface area contributed by atoms with E-state index in [9.17, 15) is 4.39 Å². The maximum Gasteiger partial charge on any atom is 0.222 e. The molecule has 0 amide bonds. The third-order valence-corrected chi connectivity index (χ3v) is 1.40. The summed E-state index contributed by atoms with van der Waals surface area (Å²) in [6.07, 6.45) is -1.91. The van der Waals surface area contributed by atoms with E-state index >= 15 is 0 Å². The van der Waals surface area contributed by atoms with Gasteiger partial charge in [0, 0.05) is 10.6 Å². The van der Waals surface area contributed by atoms with E-state index in [2.05, 4.69) is 0 Å². The molecular formula is C7H6ClFO. The van der Waals surface area contributed by atoms with Gasteiger partial charge in [-0.05, 0) is 12.1 Å². The average molecular weight is 161 g/mol. The van der Waals surface area contributed by atoms with Crippen LogP contribution in [0.15, 0.2) is 24.3 Å². The number of benzene rings is 1. The minimum Gasteiger partial charge on any atom is -0.360 e. The fraction of sp³-hybridized carbons (Fsp3) is 0.143. The molecule has 54 valence electrons. The Kier molecular flexibility index (Phi) is 2.25. The molecule has 3 heteroatoms. The van der Waals surface area contributed by atoms with Gasteiger partial charge in [0.25, 0.3) is 0 Å². The molecular weight excluding hydrogens is 155 g/mol. The minimum atomic E-state index is -1.91. The van der Waals surface area contributed by atoms with Crippen molar-refractivity contribution < 1.29 is 9.50 Å². The number of rotatable bonds is 1. The molecule has 0 aliphatic rings. The number of alkyl halides is 1. The first kappa shape index (κ1) is 7.51. The molecule has 1 aromatic rings. The lowest BCUT2D eigenvalue weighted by molar-refractivity contribution is 0.0411. The number of halogens is 2. The maximum atomic E-state index is 12.1. The van der Waals surface area contributed by atoms with E-state index in [4.69, 9.17) is 16.7 Å². The molecule has 1 nitrogen and oxygen atoms in total. The number of aliphatic hydroxyl groups excluding tert-OH is 1. The topological polar surface area (TPSA) is 20.2 Å². The second-order valence-corrected chi connectivity index (χ2v) is 2.32. The molecule has 1 atom stereocenters. The van der Waals surface area contributed by atoms with Crippen molar-refractivity contribution in [1.82, 2.24) is 0 Å². The second kappa shape index (κ2) is 2.99. The van der Waals surface area contributed by atoms with Gasteiger partial charge in [0.05, 0.1) is 0 Å². The third-order valence-electron chi connectivity index (χ3n) is 1.15. The first-order valence-electron chi connectivity index (χ1n) is 2.78. The van der Waals surface area contributed by atoms with Gasteiger partial charge in [0.1, 0.15) is 0 Å². The molecule has 0 fully saturated rings. The van der Waals surface area contributed by atoms with E-state index in [0.717, 1.165) is 0 Å². The normalized spacial score (nSPS) is 13.1. The zero-order chi connectivity index (χ0) is 7.56. The number of aliphatic hydroxyl groups is 1. The molecule has 0 aliphatic carbocycles. The Labute approximate surface area is 63.1 Å². The highest BCUT2D eigenvalue weighted by Gasteiger charge is 2.01.